The molecule has 0 spiro atoms. The average Bonchev–Trinajstić information content (AvgIpc) is 2.53. The summed E-state index contributed by atoms with van der Waals surface area (Å²) in [6, 6.07) is 1.81. The molecule has 2 aliphatic heterocycles. The van der Waals surface area contributed by atoms with Gasteiger partial charge in [-0.15, -0.1) is 0 Å². The summed E-state index contributed by atoms with van der Waals surface area (Å²) in [6.45, 7) is 1.50. The van der Waals surface area contributed by atoms with E-state index in [4.69, 9.17) is 14.2 Å². The van der Waals surface area contributed by atoms with Crippen LogP contribution in [0.1, 0.15) is 24.7 Å². The summed E-state index contributed by atoms with van der Waals surface area (Å²) < 4.78 is 56.9. The Hall–Kier alpha value is -0.380. The second-order valence-electron chi connectivity index (χ2n) is 5.60. The van der Waals surface area contributed by atoms with E-state index in [-0.39, 0.29) is 17.6 Å². The van der Waals surface area contributed by atoms with Gasteiger partial charge in [0.2, 0.25) is 0 Å². The van der Waals surface area contributed by atoms with Crippen LogP contribution < -0.4 is 0 Å². The van der Waals surface area contributed by atoms with E-state index in [0.29, 0.717) is 17.1 Å². The van der Waals surface area contributed by atoms with Gasteiger partial charge in [-0.3, -0.25) is 0 Å². The topological polar surface area (TPSA) is 27.7 Å². The maximum atomic E-state index is 13.3. The second kappa shape index (κ2) is 7.02. The van der Waals surface area contributed by atoms with E-state index >= 15 is 0 Å². The van der Waals surface area contributed by atoms with Crippen molar-refractivity contribution in [2.24, 2.45) is 5.92 Å². The first kappa shape index (κ1) is 16.5. The van der Waals surface area contributed by atoms with Gasteiger partial charge in [0.1, 0.15) is 0 Å². The third-order valence-electron chi connectivity index (χ3n) is 3.98. The molecule has 22 heavy (non-hydrogen) atoms. The molecule has 0 aliphatic carbocycles. The van der Waals surface area contributed by atoms with Crippen molar-refractivity contribution in [1.82, 2.24) is 0 Å². The van der Waals surface area contributed by atoms with Crippen molar-refractivity contribution >= 4 is 22.6 Å². The third kappa shape index (κ3) is 3.58. The molecule has 3 rings (SSSR count). The largest absolute Gasteiger partial charge is 0.377 e. The van der Waals surface area contributed by atoms with Crippen molar-refractivity contribution in [3.05, 3.63) is 35.1 Å². The van der Waals surface area contributed by atoms with E-state index in [1.165, 1.54) is 0 Å². The highest BCUT2D eigenvalue weighted by molar-refractivity contribution is 14.1. The summed E-state index contributed by atoms with van der Waals surface area (Å²) in [5.41, 5.74) is 0.145. The van der Waals surface area contributed by atoms with Crippen LogP contribution in [-0.2, 0) is 14.2 Å². The molecule has 0 saturated carbocycles. The molecule has 0 amide bonds. The molecule has 3 nitrogen and oxygen atoms in total. The zero-order valence-corrected chi connectivity index (χ0v) is 13.9. The Morgan fingerprint density at radius 3 is 2.09 bits per heavy atom. The predicted molar refractivity (Wildman–Crippen MR) is 81.2 cm³/mol. The molecule has 0 aromatic heterocycles. The number of ether oxygens (including phenoxy) is 3. The van der Waals surface area contributed by atoms with E-state index in [9.17, 15) is 13.2 Å². The highest BCUT2D eigenvalue weighted by atomic mass is 127. The summed E-state index contributed by atoms with van der Waals surface area (Å²) in [5, 5.41) is 0. The molecule has 2 saturated heterocycles. The van der Waals surface area contributed by atoms with Gasteiger partial charge >= 0.3 is 0 Å². The van der Waals surface area contributed by atoms with Crippen LogP contribution in [0.3, 0.4) is 0 Å². The number of hydrogen-bond acceptors (Lipinski definition) is 3. The van der Waals surface area contributed by atoms with Gasteiger partial charge in [0.15, 0.2) is 23.7 Å². The van der Waals surface area contributed by atoms with Crippen LogP contribution in [0.25, 0.3) is 0 Å². The highest BCUT2D eigenvalue weighted by Crippen LogP contribution is 2.32. The van der Waals surface area contributed by atoms with E-state index in [1.54, 1.807) is 0 Å². The van der Waals surface area contributed by atoms with Crippen molar-refractivity contribution < 1.29 is 27.4 Å². The lowest BCUT2D eigenvalue weighted by atomic mass is 9.96. The number of benzene rings is 1. The van der Waals surface area contributed by atoms with Crippen molar-refractivity contribution in [3.8, 4) is 0 Å². The standard InChI is InChI=1S/C15H16F3IO3/c16-11-3-8(4-12(17)14(11)18)15-21-5-9(6-22-15)13-2-1-10(19)7-20-13/h3-4,9-10,13,15H,1-2,5-7H2. The number of rotatable bonds is 2. The first-order valence-corrected chi connectivity index (χ1v) is 8.42. The fraction of sp³-hybridized carbons (Fsp3) is 0.600. The Morgan fingerprint density at radius 1 is 0.909 bits per heavy atom. The minimum absolute atomic E-state index is 0.0913. The second-order valence-corrected chi connectivity index (χ2v) is 7.37. The van der Waals surface area contributed by atoms with Gasteiger partial charge in [0, 0.05) is 15.4 Å². The van der Waals surface area contributed by atoms with E-state index < -0.39 is 23.7 Å². The van der Waals surface area contributed by atoms with Gasteiger partial charge in [0.05, 0.1) is 25.9 Å². The summed E-state index contributed by atoms with van der Waals surface area (Å²) in [5.74, 6) is -3.86. The summed E-state index contributed by atoms with van der Waals surface area (Å²) in [6.07, 6.45) is 1.27. The first-order chi connectivity index (χ1) is 10.5. The normalized spacial score (nSPS) is 32.9. The summed E-state index contributed by atoms with van der Waals surface area (Å²) >= 11 is 2.37. The molecule has 122 valence electrons. The van der Waals surface area contributed by atoms with Crippen molar-refractivity contribution in [2.75, 3.05) is 19.8 Å². The van der Waals surface area contributed by atoms with Crippen LogP contribution in [-0.4, -0.2) is 29.8 Å². The van der Waals surface area contributed by atoms with Crippen LogP contribution >= 0.6 is 22.6 Å². The van der Waals surface area contributed by atoms with Crippen molar-refractivity contribution in [1.29, 1.82) is 0 Å². The monoisotopic (exact) mass is 428 g/mol. The molecule has 0 radical (unpaired) electrons. The predicted octanol–water partition coefficient (Wildman–Crippen LogP) is 3.75. The van der Waals surface area contributed by atoms with Gasteiger partial charge in [-0.2, -0.15) is 0 Å². The zero-order valence-electron chi connectivity index (χ0n) is 11.7. The Balaban J connectivity index is 1.60. The molecule has 1 aromatic rings. The molecular weight excluding hydrogens is 412 g/mol. The van der Waals surface area contributed by atoms with E-state index in [2.05, 4.69) is 22.6 Å². The van der Waals surface area contributed by atoms with Crippen LogP contribution in [0.4, 0.5) is 13.2 Å². The zero-order chi connectivity index (χ0) is 15.7. The quantitative estimate of drug-likeness (QED) is 0.408. The molecule has 0 N–H and O–H groups in total. The minimum Gasteiger partial charge on any atom is -0.377 e. The average molecular weight is 428 g/mol. The fourth-order valence-corrected chi connectivity index (χ4v) is 3.32. The smallest absolute Gasteiger partial charge is 0.194 e. The minimum atomic E-state index is -1.48. The Kier molecular flexibility index (Phi) is 5.26. The van der Waals surface area contributed by atoms with Crippen LogP contribution in [0, 0.1) is 23.4 Å². The Bertz CT molecular complexity index is 504. The highest BCUT2D eigenvalue weighted by Gasteiger charge is 2.33. The molecule has 2 unspecified atom stereocenters. The lowest BCUT2D eigenvalue weighted by Gasteiger charge is -2.36. The molecule has 2 heterocycles. The maximum absolute atomic E-state index is 13.3. The van der Waals surface area contributed by atoms with Gasteiger partial charge in [0.25, 0.3) is 0 Å². The molecule has 2 atom stereocenters. The molecule has 2 fully saturated rings. The molecule has 7 heteroatoms. The lowest BCUT2D eigenvalue weighted by Crippen LogP contribution is -2.40. The van der Waals surface area contributed by atoms with Crippen LogP contribution in [0.5, 0.6) is 0 Å². The molecule has 2 aliphatic rings. The number of halogens is 4. The fourth-order valence-electron chi connectivity index (χ4n) is 2.75. The Labute approximate surface area is 140 Å². The van der Waals surface area contributed by atoms with Gasteiger partial charge in [-0.05, 0) is 25.0 Å². The third-order valence-corrected chi connectivity index (χ3v) is 4.97. The van der Waals surface area contributed by atoms with Crippen LogP contribution in [0.2, 0.25) is 0 Å². The van der Waals surface area contributed by atoms with Crippen molar-refractivity contribution in [3.63, 3.8) is 0 Å². The molecular formula is C15H16F3IO3. The van der Waals surface area contributed by atoms with E-state index in [1.807, 2.05) is 0 Å². The number of hydrogen-bond donors (Lipinski definition) is 0. The summed E-state index contributed by atoms with van der Waals surface area (Å²) in [7, 11) is 0. The van der Waals surface area contributed by atoms with E-state index in [0.717, 1.165) is 31.6 Å². The Morgan fingerprint density at radius 2 is 1.55 bits per heavy atom. The summed E-state index contributed by atoms with van der Waals surface area (Å²) in [4.78, 5) is 0. The van der Waals surface area contributed by atoms with Crippen LogP contribution in [0.15, 0.2) is 12.1 Å². The maximum Gasteiger partial charge on any atom is 0.194 e. The van der Waals surface area contributed by atoms with Gasteiger partial charge in [-0.1, -0.05) is 22.6 Å². The molecule has 0 bridgehead atoms. The van der Waals surface area contributed by atoms with Gasteiger partial charge < -0.3 is 14.2 Å². The number of alkyl halides is 1. The molecule has 1 aromatic carbocycles. The lowest BCUT2D eigenvalue weighted by molar-refractivity contribution is -0.225. The van der Waals surface area contributed by atoms with Gasteiger partial charge in [-0.25, -0.2) is 13.2 Å². The first-order valence-electron chi connectivity index (χ1n) is 7.18. The SMILES string of the molecule is Fc1cc(C2OCC(C3CCC(I)CO3)CO2)cc(F)c1F. The van der Waals surface area contributed by atoms with Crippen molar-refractivity contribution in [2.45, 2.75) is 29.2 Å².